The summed E-state index contributed by atoms with van der Waals surface area (Å²) in [5.41, 5.74) is 2.56. The van der Waals surface area contributed by atoms with Crippen LogP contribution in [0, 0.1) is 0 Å². The lowest BCUT2D eigenvalue weighted by Crippen LogP contribution is -2.27. The zero-order valence-corrected chi connectivity index (χ0v) is 16.9. The van der Waals surface area contributed by atoms with E-state index in [1.807, 2.05) is 6.07 Å². The number of carbonyl (C=O) groups is 3. The van der Waals surface area contributed by atoms with E-state index in [0.29, 0.717) is 35.7 Å². The zero-order valence-electron chi connectivity index (χ0n) is 16.9. The Morgan fingerprint density at radius 1 is 1.13 bits per heavy atom. The molecule has 2 heterocycles. The number of aromatic nitrogens is 2. The molecule has 0 saturated carbocycles. The van der Waals surface area contributed by atoms with Crippen molar-refractivity contribution in [2.75, 3.05) is 29.9 Å². The Hall–Kier alpha value is -4.14. The first-order valence-electron chi connectivity index (χ1n) is 9.85. The van der Waals surface area contributed by atoms with Crippen LogP contribution in [0.4, 0.5) is 16.2 Å². The first kappa shape index (κ1) is 20.1. The van der Waals surface area contributed by atoms with Crippen molar-refractivity contribution in [2.45, 2.75) is 6.92 Å². The van der Waals surface area contributed by atoms with E-state index >= 15 is 0 Å². The molecule has 0 aliphatic carbocycles. The van der Waals surface area contributed by atoms with Gasteiger partial charge in [-0.15, -0.1) is 0 Å². The molecule has 9 heteroatoms. The van der Waals surface area contributed by atoms with E-state index in [9.17, 15) is 14.4 Å². The van der Waals surface area contributed by atoms with Crippen molar-refractivity contribution < 1.29 is 19.1 Å². The molecule has 3 amide bonds. The van der Waals surface area contributed by atoms with Gasteiger partial charge in [0.05, 0.1) is 12.3 Å². The van der Waals surface area contributed by atoms with Crippen molar-refractivity contribution in [1.29, 1.82) is 0 Å². The zero-order chi connectivity index (χ0) is 21.8. The van der Waals surface area contributed by atoms with Crippen LogP contribution in [0.2, 0.25) is 0 Å². The average Bonchev–Trinajstić information content (AvgIpc) is 3.44. The Bertz CT molecular complexity index is 1140. The summed E-state index contributed by atoms with van der Waals surface area (Å²) in [5, 5.41) is 9.83. The summed E-state index contributed by atoms with van der Waals surface area (Å²) >= 11 is 0. The van der Waals surface area contributed by atoms with Crippen molar-refractivity contribution >= 4 is 29.3 Å². The lowest BCUT2D eigenvalue weighted by Gasteiger charge is -2.15. The minimum atomic E-state index is -0.489. The van der Waals surface area contributed by atoms with Crippen LogP contribution in [0.5, 0.6) is 0 Å². The Morgan fingerprint density at radius 3 is 2.71 bits per heavy atom. The number of benzene rings is 2. The third-order valence-corrected chi connectivity index (χ3v) is 4.72. The minimum absolute atomic E-state index is 0.174. The van der Waals surface area contributed by atoms with Crippen LogP contribution in [-0.4, -0.2) is 47.4 Å². The molecule has 1 aliphatic heterocycles. The minimum Gasteiger partial charge on any atom is -0.461 e. The van der Waals surface area contributed by atoms with Gasteiger partial charge in [-0.1, -0.05) is 12.1 Å². The number of hydrogen-bond acceptors (Lipinski definition) is 5. The highest BCUT2D eigenvalue weighted by atomic mass is 16.5. The number of anilines is 2. The third-order valence-electron chi connectivity index (χ3n) is 4.72. The average molecular weight is 419 g/mol. The number of ether oxygens (including phenoxy) is 1. The molecular weight excluding hydrogens is 398 g/mol. The summed E-state index contributed by atoms with van der Waals surface area (Å²) in [5.74, 6) is -0.788. The fourth-order valence-corrected chi connectivity index (χ4v) is 3.24. The molecule has 1 aromatic heterocycles. The molecule has 1 aliphatic rings. The van der Waals surface area contributed by atoms with E-state index in [1.165, 1.54) is 4.68 Å². The number of amides is 3. The lowest BCUT2D eigenvalue weighted by molar-refractivity contribution is 0.0518. The second kappa shape index (κ2) is 8.70. The molecule has 31 heavy (non-hydrogen) atoms. The van der Waals surface area contributed by atoms with E-state index in [4.69, 9.17) is 4.74 Å². The van der Waals surface area contributed by atoms with Crippen LogP contribution < -0.4 is 15.5 Å². The summed E-state index contributed by atoms with van der Waals surface area (Å²) in [6.07, 6.45) is 1.65. The second-order valence-electron chi connectivity index (χ2n) is 6.80. The number of nitrogens with one attached hydrogen (secondary N) is 2. The van der Waals surface area contributed by atoms with Crippen LogP contribution in [0.25, 0.3) is 5.69 Å². The largest absolute Gasteiger partial charge is 0.461 e. The number of nitrogens with zero attached hydrogens (tertiary/aromatic N) is 3. The number of hydrogen-bond donors (Lipinski definition) is 2. The van der Waals surface area contributed by atoms with Gasteiger partial charge in [0.1, 0.15) is 0 Å². The molecule has 0 atom stereocenters. The van der Waals surface area contributed by atoms with Gasteiger partial charge < -0.3 is 15.4 Å². The highest BCUT2D eigenvalue weighted by Gasteiger charge is 2.21. The van der Waals surface area contributed by atoms with Gasteiger partial charge in [0.15, 0.2) is 5.69 Å². The van der Waals surface area contributed by atoms with Crippen molar-refractivity contribution in [3.8, 4) is 5.69 Å². The third kappa shape index (κ3) is 4.40. The maximum absolute atomic E-state index is 12.8. The van der Waals surface area contributed by atoms with Crippen LogP contribution in [0.1, 0.15) is 27.8 Å². The Morgan fingerprint density at radius 2 is 1.94 bits per heavy atom. The number of esters is 1. The van der Waals surface area contributed by atoms with Crippen LogP contribution in [-0.2, 0) is 4.74 Å². The smallest absolute Gasteiger partial charge is 0.358 e. The first-order valence-corrected chi connectivity index (χ1v) is 9.85. The molecule has 9 nitrogen and oxygen atoms in total. The molecule has 158 valence electrons. The number of carbonyl (C=O) groups excluding carboxylic acids is 3. The van der Waals surface area contributed by atoms with E-state index in [1.54, 1.807) is 66.6 Å². The van der Waals surface area contributed by atoms with Gasteiger partial charge >= 0.3 is 12.0 Å². The van der Waals surface area contributed by atoms with Gasteiger partial charge in [-0.25, -0.2) is 14.3 Å². The monoisotopic (exact) mass is 419 g/mol. The van der Waals surface area contributed by atoms with Crippen LogP contribution >= 0.6 is 0 Å². The molecule has 3 aromatic rings. The fourth-order valence-electron chi connectivity index (χ4n) is 3.24. The molecule has 0 radical (unpaired) electrons. The topological polar surface area (TPSA) is 106 Å². The normalized spacial score (nSPS) is 13.1. The van der Waals surface area contributed by atoms with E-state index in [0.717, 1.165) is 0 Å². The standard InChI is InChI=1S/C22H21N5O4/c1-2-31-21(29)19-9-11-27(25-19)18-8-4-6-16(14-18)24-20(28)15-5-3-7-17(13-15)26-12-10-23-22(26)30/h3-9,11,13-14H,2,10,12H2,1H3,(H,23,30)(H,24,28). The van der Waals surface area contributed by atoms with Crippen LogP contribution in [0.15, 0.2) is 60.8 Å². The van der Waals surface area contributed by atoms with Crippen molar-refractivity contribution in [1.82, 2.24) is 15.1 Å². The van der Waals surface area contributed by atoms with Crippen molar-refractivity contribution in [3.63, 3.8) is 0 Å². The predicted octanol–water partition coefficient (Wildman–Crippen LogP) is 2.83. The van der Waals surface area contributed by atoms with Gasteiger partial charge in [-0.3, -0.25) is 9.69 Å². The highest BCUT2D eigenvalue weighted by Crippen LogP contribution is 2.20. The maximum Gasteiger partial charge on any atom is 0.358 e. The molecule has 0 bridgehead atoms. The summed E-state index contributed by atoms with van der Waals surface area (Å²) in [6.45, 7) is 3.14. The van der Waals surface area contributed by atoms with Crippen molar-refractivity contribution in [3.05, 3.63) is 72.1 Å². The lowest BCUT2D eigenvalue weighted by atomic mass is 10.1. The number of rotatable bonds is 6. The van der Waals surface area contributed by atoms with E-state index in [-0.39, 0.29) is 24.2 Å². The van der Waals surface area contributed by atoms with E-state index < -0.39 is 5.97 Å². The molecule has 4 rings (SSSR count). The van der Waals surface area contributed by atoms with Gasteiger partial charge in [0, 0.05) is 36.2 Å². The maximum atomic E-state index is 12.8. The summed E-state index contributed by atoms with van der Waals surface area (Å²) in [7, 11) is 0. The molecule has 0 unspecified atom stereocenters. The molecule has 0 spiro atoms. The second-order valence-corrected chi connectivity index (χ2v) is 6.80. The SMILES string of the molecule is CCOC(=O)c1ccn(-c2cccc(NC(=O)c3cccc(N4CCNC4=O)c3)c2)n1. The predicted molar refractivity (Wildman–Crippen MR) is 115 cm³/mol. The molecule has 2 aromatic carbocycles. The van der Waals surface area contributed by atoms with Gasteiger partial charge in [0.25, 0.3) is 5.91 Å². The molecule has 2 N–H and O–H groups in total. The molecular formula is C22H21N5O4. The highest BCUT2D eigenvalue weighted by molar-refractivity contribution is 6.05. The van der Waals surface area contributed by atoms with Gasteiger partial charge in [-0.05, 0) is 49.4 Å². The first-order chi connectivity index (χ1) is 15.0. The van der Waals surface area contributed by atoms with Crippen LogP contribution in [0.3, 0.4) is 0 Å². The van der Waals surface area contributed by atoms with Gasteiger partial charge in [-0.2, -0.15) is 5.10 Å². The summed E-state index contributed by atoms with van der Waals surface area (Å²) in [4.78, 5) is 38.1. The van der Waals surface area contributed by atoms with E-state index in [2.05, 4.69) is 15.7 Å². The Labute approximate surface area is 178 Å². The Kier molecular flexibility index (Phi) is 5.65. The molecule has 1 saturated heterocycles. The number of urea groups is 1. The van der Waals surface area contributed by atoms with Crippen molar-refractivity contribution in [2.24, 2.45) is 0 Å². The summed E-state index contributed by atoms with van der Waals surface area (Å²) < 4.78 is 6.49. The quantitative estimate of drug-likeness (QED) is 0.598. The molecule has 1 fully saturated rings. The van der Waals surface area contributed by atoms with Gasteiger partial charge in [0.2, 0.25) is 0 Å². The summed E-state index contributed by atoms with van der Waals surface area (Å²) in [6, 6.07) is 15.4. The Balaban J connectivity index is 1.50. The fraction of sp³-hybridized carbons (Fsp3) is 0.182.